The third-order valence-electron chi connectivity index (χ3n) is 4.73. The minimum atomic E-state index is -0.459. The van der Waals surface area contributed by atoms with Crippen LogP contribution in [0.25, 0.3) is 0 Å². The predicted octanol–water partition coefficient (Wildman–Crippen LogP) is 2.53. The molecule has 0 fully saturated rings. The molecule has 1 aliphatic heterocycles. The van der Waals surface area contributed by atoms with Gasteiger partial charge in [-0.05, 0) is 37.1 Å². The third kappa shape index (κ3) is 3.88. The van der Waals surface area contributed by atoms with Gasteiger partial charge in [-0.2, -0.15) is 10.1 Å². The highest BCUT2D eigenvalue weighted by atomic mass is 16.3. The number of anilines is 2. The Morgan fingerprint density at radius 1 is 1.24 bits per heavy atom. The van der Waals surface area contributed by atoms with E-state index in [4.69, 9.17) is 5.11 Å². The van der Waals surface area contributed by atoms with E-state index in [0.717, 1.165) is 11.3 Å². The number of para-hydroxylation sites is 1. The van der Waals surface area contributed by atoms with Crippen molar-refractivity contribution < 1.29 is 9.90 Å². The number of aliphatic hydroxyl groups excluding tert-OH is 1. The van der Waals surface area contributed by atoms with Crippen LogP contribution >= 0.6 is 0 Å². The molecule has 1 aliphatic rings. The number of allylic oxidation sites excluding steroid dienone is 1. The lowest BCUT2D eigenvalue weighted by Gasteiger charge is -2.28. The summed E-state index contributed by atoms with van der Waals surface area (Å²) >= 11 is 0. The first-order chi connectivity index (χ1) is 14.2. The monoisotopic (exact) mass is 390 g/mol. The Kier molecular flexibility index (Phi) is 5.35. The summed E-state index contributed by atoms with van der Waals surface area (Å²) in [7, 11) is 0. The van der Waals surface area contributed by atoms with E-state index in [-0.39, 0.29) is 12.5 Å². The van der Waals surface area contributed by atoms with Crippen LogP contribution in [0.5, 0.6) is 0 Å². The van der Waals surface area contributed by atoms with E-state index < -0.39 is 6.04 Å². The van der Waals surface area contributed by atoms with Gasteiger partial charge < -0.3 is 15.7 Å². The highest BCUT2D eigenvalue weighted by Crippen LogP contribution is 2.35. The van der Waals surface area contributed by atoms with Gasteiger partial charge in [0.1, 0.15) is 6.04 Å². The molecule has 1 amide bonds. The van der Waals surface area contributed by atoms with Gasteiger partial charge in [0, 0.05) is 36.8 Å². The van der Waals surface area contributed by atoms with Crippen LogP contribution in [0.4, 0.5) is 11.6 Å². The molecule has 1 atom stereocenters. The molecule has 3 heterocycles. The first kappa shape index (κ1) is 18.8. The van der Waals surface area contributed by atoms with Gasteiger partial charge in [-0.1, -0.05) is 24.3 Å². The summed E-state index contributed by atoms with van der Waals surface area (Å²) < 4.78 is 1.72. The van der Waals surface area contributed by atoms with Gasteiger partial charge in [0.2, 0.25) is 5.95 Å². The molecule has 29 heavy (non-hydrogen) atoms. The van der Waals surface area contributed by atoms with Crippen LogP contribution in [-0.4, -0.2) is 37.4 Å². The average molecular weight is 390 g/mol. The smallest absolute Gasteiger partial charge is 0.255 e. The summed E-state index contributed by atoms with van der Waals surface area (Å²) in [5.74, 6) is 0.974. The van der Waals surface area contributed by atoms with Crippen molar-refractivity contribution in [3.8, 4) is 0 Å². The van der Waals surface area contributed by atoms with E-state index in [2.05, 4.69) is 25.7 Å². The van der Waals surface area contributed by atoms with Gasteiger partial charge in [-0.25, -0.2) is 4.68 Å². The number of carbonyl (C=O) groups excluding carboxylic acids is 1. The van der Waals surface area contributed by atoms with Crippen molar-refractivity contribution in [3.05, 3.63) is 77.5 Å². The Balaban J connectivity index is 1.74. The molecule has 3 aromatic rings. The Morgan fingerprint density at radius 2 is 2.07 bits per heavy atom. The molecular formula is C21H22N6O2. The van der Waals surface area contributed by atoms with Gasteiger partial charge in [-0.3, -0.25) is 9.78 Å². The molecule has 0 bridgehead atoms. The molecule has 4 rings (SSSR count). The number of aliphatic hydroxyl groups is 1. The Hall–Kier alpha value is -3.52. The van der Waals surface area contributed by atoms with Gasteiger partial charge >= 0.3 is 0 Å². The number of nitrogens with zero attached hydrogens (tertiary/aromatic N) is 4. The number of carbonyl (C=O) groups is 1. The van der Waals surface area contributed by atoms with E-state index in [1.807, 2.05) is 49.4 Å². The van der Waals surface area contributed by atoms with Crippen molar-refractivity contribution in [1.29, 1.82) is 0 Å². The van der Waals surface area contributed by atoms with Gasteiger partial charge in [0.15, 0.2) is 5.82 Å². The van der Waals surface area contributed by atoms with E-state index >= 15 is 0 Å². The number of aromatic nitrogens is 4. The van der Waals surface area contributed by atoms with Crippen molar-refractivity contribution in [2.24, 2.45) is 0 Å². The number of pyridine rings is 1. The van der Waals surface area contributed by atoms with E-state index in [9.17, 15) is 4.79 Å². The molecule has 8 nitrogen and oxygen atoms in total. The summed E-state index contributed by atoms with van der Waals surface area (Å²) in [6.45, 7) is 1.93. The zero-order valence-corrected chi connectivity index (χ0v) is 16.0. The Labute approximate surface area is 168 Å². The number of benzene rings is 1. The molecule has 0 aliphatic carbocycles. The molecule has 2 aromatic heterocycles. The van der Waals surface area contributed by atoms with Crippen LogP contribution in [0.3, 0.4) is 0 Å². The lowest BCUT2D eigenvalue weighted by atomic mass is 9.96. The van der Waals surface area contributed by atoms with Crippen LogP contribution in [0, 0.1) is 0 Å². The molecule has 1 aromatic carbocycles. The van der Waals surface area contributed by atoms with Crippen molar-refractivity contribution in [1.82, 2.24) is 19.7 Å². The molecule has 0 radical (unpaired) electrons. The third-order valence-corrected chi connectivity index (χ3v) is 4.73. The summed E-state index contributed by atoms with van der Waals surface area (Å²) in [4.78, 5) is 22.0. The highest BCUT2D eigenvalue weighted by Gasteiger charge is 2.34. The Morgan fingerprint density at radius 3 is 2.79 bits per heavy atom. The van der Waals surface area contributed by atoms with E-state index in [1.54, 1.807) is 17.1 Å². The lowest BCUT2D eigenvalue weighted by molar-refractivity contribution is -0.113. The number of amides is 1. The molecule has 3 N–H and O–H groups in total. The topological polar surface area (TPSA) is 105 Å². The van der Waals surface area contributed by atoms with Crippen LogP contribution in [0.15, 0.2) is 66.1 Å². The second-order valence-electron chi connectivity index (χ2n) is 6.80. The minimum absolute atomic E-state index is 0.0747. The maximum absolute atomic E-state index is 13.2. The lowest BCUT2D eigenvalue weighted by Crippen LogP contribution is -2.31. The molecule has 0 saturated heterocycles. The predicted molar refractivity (Wildman–Crippen MR) is 109 cm³/mol. The molecule has 0 saturated carbocycles. The number of hydrogen-bond donors (Lipinski definition) is 3. The minimum Gasteiger partial charge on any atom is -0.396 e. The molecule has 0 unspecified atom stereocenters. The van der Waals surface area contributed by atoms with Crippen molar-refractivity contribution in [2.45, 2.75) is 25.8 Å². The SMILES string of the molecule is CC1=C(C(=O)Nc2ccccc2)[C@H](c2cccnc2)n2nc(CCCO)nc2N1. The maximum Gasteiger partial charge on any atom is 0.255 e. The average Bonchev–Trinajstić information content (AvgIpc) is 3.14. The number of hydrogen-bond acceptors (Lipinski definition) is 6. The Bertz CT molecular complexity index is 1030. The second kappa shape index (κ2) is 8.24. The first-order valence-electron chi connectivity index (χ1n) is 9.47. The summed E-state index contributed by atoms with van der Waals surface area (Å²) in [5, 5.41) is 19.9. The molecule has 148 valence electrons. The number of rotatable bonds is 6. The zero-order valence-electron chi connectivity index (χ0n) is 16.0. The normalized spacial score (nSPS) is 15.6. The summed E-state index contributed by atoms with van der Waals surface area (Å²) in [6.07, 6.45) is 4.56. The summed E-state index contributed by atoms with van der Waals surface area (Å²) in [6, 6.07) is 12.6. The van der Waals surface area contributed by atoms with Gasteiger partial charge in [0.05, 0.1) is 5.57 Å². The van der Waals surface area contributed by atoms with Crippen LogP contribution in [-0.2, 0) is 11.2 Å². The molecular weight excluding hydrogens is 368 g/mol. The van der Waals surface area contributed by atoms with Crippen molar-refractivity contribution in [3.63, 3.8) is 0 Å². The standard InChI is InChI=1S/C21H22N6O2/c1-14-18(20(29)24-16-8-3-2-4-9-16)19(15-7-5-11-22-13-15)27-21(23-14)25-17(26-27)10-6-12-28/h2-5,7-9,11,13,19,28H,6,10,12H2,1H3,(H,24,29)(H,23,25,26)/t19-/m0/s1. The molecule has 8 heteroatoms. The fourth-order valence-corrected chi connectivity index (χ4v) is 3.40. The largest absolute Gasteiger partial charge is 0.396 e. The van der Waals surface area contributed by atoms with Gasteiger partial charge in [0.25, 0.3) is 5.91 Å². The van der Waals surface area contributed by atoms with Crippen molar-refractivity contribution in [2.75, 3.05) is 17.2 Å². The number of aryl methyl sites for hydroxylation is 1. The number of nitrogens with one attached hydrogen (secondary N) is 2. The highest BCUT2D eigenvalue weighted by molar-refractivity contribution is 6.05. The molecule has 0 spiro atoms. The van der Waals surface area contributed by atoms with E-state index in [0.29, 0.717) is 35.9 Å². The van der Waals surface area contributed by atoms with Crippen LogP contribution in [0.1, 0.15) is 30.8 Å². The first-order valence-corrected chi connectivity index (χ1v) is 9.47. The van der Waals surface area contributed by atoms with Crippen molar-refractivity contribution >= 4 is 17.5 Å². The van der Waals surface area contributed by atoms with E-state index in [1.165, 1.54) is 0 Å². The number of fused-ring (bicyclic) bond motifs is 1. The maximum atomic E-state index is 13.2. The van der Waals surface area contributed by atoms with Crippen LogP contribution in [0.2, 0.25) is 0 Å². The zero-order chi connectivity index (χ0) is 20.2. The quantitative estimate of drug-likeness (QED) is 0.597. The van der Waals surface area contributed by atoms with Crippen LogP contribution < -0.4 is 10.6 Å². The van der Waals surface area contributed by atoms with Gasteiger partial charge in [-0.15, -0.1) is 0 Å². The second-order valence-corrected chi connectivity index (χ2v) is 6.80. The fourth-order valence-electron chi connectivity index (χ4n) is 3.40. The summed E-state index contributed by atoms with van der Waals surface area (Å²) in [5.41, 5.74) is 2.82. The fraction of sp³-hybridized carbons (Fsp3) is 0.238.